The van der Waals surface area contributed by atoms with Crippen LogP contribution in [0.1, 0.15) is 118 Å². The van der Waals surface area contributed by atoms with Gasteiger partial charge in [-0.25, -0.2) is 18.1 Å². The number of aromatic amines is 1. The molecule has 3 aliphatic heterocycles. The maximum absolute atomic E-state index is 14.2. The Labute approximate surface area is 390 Å². The fourth-order valence-corrected chi connectivity index (χ4v) is 12.6. The number of nitrogen functional groups attached to an aromatic ring is 1. The van der Waals surface area contributed by atoms with Crippen LogP contribution in [0.5, 0.6) is 17.2 Å². The Morgan fingerprint density at radius 1 is 1.01 bits per heavy atom. The molecule has 10 rings (SSSR count). The van der Waals surface area contributed by atoms with E-state index < -0.39 is 37.0 Å². The molecule has 4 fully saturated rings. The maximum atomic E-state index is 14.2. The lowest BCUT2D eigenvalue weighted by Gasteiger charge is -2.56. The molecular formula is C50H60N8O8S. The average molecular weight is 933 g/mol. The molecule has 2 aromatic heterocycles. The minimum Gasteiger partial charge on any atom is -0.489 e. The average Bonchev–Trinajstić information content (AvgIpc) is 3.97. The van der Waals surface area contributed by atoms with Gasteiger partial charge in [-0.2, -0.15) is 0 Å². The number of hydrogen-bond acceptors (Lipinski definition) is 13. The molecule has 5 aromatic rings. The summed E-state index contributed by atoms with van der Waals surface area (Å²) in [5.74, 6) is -0.107. The van der Waals surface area contributed by atoms with Gasteiger partial charge >= 0.3 is 0 Å². The molecule has 1 amide bonds. The summed E-state index contributed by atoms with van der Waals surface area (Å²) in [4.78, 5) is 37.9. The van der Waals surface area contributed by atoms with Crippen molar-refractivity contribution in [1.29, 1.82) is 0 Å². The van der Waals surface area contributed by atoms with Gasteiger partial charge in [0, 0.05) is 60.6 Å². The number of amides is 1. The highest BCUT2D eigenvalue weighted by Gasteiger charge is 2.50. The number of nitrogens with one attached hydrogen (secondary N) is 3. The molecule has 1 spiro atoms. The number of nitro benzene ring substituents is 1. The second-order valence-corrected chi connectivity index (χ2v) is 21.9. The Balaban J connectivity index is 0.866. The third-order valence-electron chi connectivity index (χ3n) is 15.4. The van der Waals surface area contributed by atoms with Crippen LogP contribution in [0, 0.1) is 21.4 Å². The lowest BCUT2D eigenvalue weighted by Crippen LogP contribution is -2.54. The molecule has 6 N–H and O–H groups in total. The predicted octanol–water partition coefficient (Wildman–Crippen LogP) is 8.79. The van der Waals surface area contributed by atoms with E-state index in [2.05, 4.69) is 67.9 Å². The Morgan fingerprint density at radius 2 is 1.78 bits per heavy atom. The van der Waals surface area contributed by atoms with Crippen molar-refractivity contribution in [1.82, 2.24) is 19.6 Å². The maximum Gasteiger partial charge on any atom is 0.297 e. The molecule has 0 bridgehead atoms. The number of fused-ring (bicyclic) bond motifs is 2. The molecule has 2 aliphatic carbocycles. The minimum atomic E-state index is -4.69. The number of anilines is 3. The standard InChI is InChI=1S/C50H60N8O8S/c1-30(2)36-7-4-5-8-37(36)40-9-6-20-57(40)34-27-50(28-34)17-21-56(22-18-50)33-10-11-38(42(24-33)66-44-23-32-14-19-52-47(32)54-46(44)51)48(59)55-67(63,64)35-25-41(58(61)62)45-43(26-35)65-29-39(53-45)31-12-15-49(3,60)16-13-31/h4-5,7-8,10-11,14,19,23-26,30-31,34,39-40,53,60H,6,9,12-13,15-18,20-22,27-29H2,1-3H3,(H,55,59)(H3,51,52,54)/t31?,39-,40-,49?/m1/s1. The van der Waals surface area contributed by atoms with Gasteiger partial charge in [-0.15, -0.1) is 0 Å². The highest BCUT2D eigenvalue weighted by atomic mass is 32.2. The number of ether oxygens (including phenoxy) is 2. The number of nitrogens with two attached hydrogens (primary N) is 1. The number of likely N-dealkylation sites (tertiary alicyclic amines) is 1. The van der Waals surface area contributed by atoms with E-state index in [1.165, 1.54) is 48.9 Å². The molecule has 5 heterocycles. The SMILES string of the molecule is CC(C)c1ccccc1[C@H]1CCCN1C1CC2(CCN(c3ccc(C(=O)NS(=O)(=O)c4cc5c(c([N+](=O)[O-])c4)N[C@@H](C4CCC(C)(O)CC4)CO5)c(Oc4cc5cc[nH]c5nc4N)c3)CC2)C1. The number of rotatable bonds is 11. The van der Waals surface area contributed by atoms with Gasteiger partial charge in [0.1, 0.15) is 18.0 Å². The third kappa shape index (κ3) is 8.77. The Bertz CT molecular complexity index is 2820. The summed E-state index contributed by atoms with van der Waals surface area (Å²) in [6.07, 6.45) is 11.2. The van der Waals surface area contributed by atoms with Gasteiger partial charge < -0.3 is 35.5 Å². The molecule has 354 valence electrons. The zero-order valence-corrected chi connectivity index (χ0v) is 39.1. The topological polar surface area (TPSA) is 218 Å². The van der Waals surface area contributed by atoms with Gasteiger partial charge in [-0.05, 0) is 130 Å². The van der Waals surface area contributed by atoms with Gasteiger partial charge in [-0.1, -0.05) is 38.1 Å². The molecule has 16 nitrogen and oxygen atoms in total. The summed E-state index contributed by atoms with van der Waals surface area (Å²) >= 11 is 0. The summed E-state index contributed by atoms with van der Waals surface area (Å²) in [6.45, 7) is 9.27. The van der Waals surface area contributed by atoms with Crippen molar-refractivity contribution in [3.05, 3.63) is 99.7 Å². The minimum absolute atomic E-state index is 0.00837. The van der Waals surface area contributed by atoms with Gasteiger partial charge in [0.05, 0.1) is 27.0 Å². The van der Waals surface area contributed by atoms with E-state index in [9.17, 15) is 28.4 Å². The number of nitrogens with zero attached hydrogens (tertiary/aromatic N) is 4. The van der Waals surface area contributed by atoms with Crippen molar-refractivity contribution in [3.63, 3.8) is 0 Å². The van der Waals surface area contributed by atoms with E-state index in [1.807, 2.05) is 6.07 Å². The molecular weight excluding hydrogens is 873 g/mol. The second-order valence-electron chi connectivity index (χ2n) is 20.2. The van der Waals surface area contributed by atoms with Crippen molar-refractivity contribution in [2.45, 2.75) is 120 Å². The van der Waals surface area contributed by atoms with Gasteiger partial charge in [0.2, 0.25) is 0 Å². The first-order valence-electron chi connectivity index (χ1n) is 23.7. The monoisotopic (exact) mass is 932 g/mol. The first-order chi connectivity index (χ1) is 32.1. The molecule has 5 aliphatic rings. The molecule has 67 heavy (non-hydrogen) atoms. The van der Waals surface area contributed by atoms with Crippen molar-refractivity contribution in [2.75, 3.05) is 42.2 Å². The fraction of sp³-hybridized carbons (Fsp3) is 0.480. The van der Waals surface area contributed by atoms with E-state index in [0.29, 0.717) is 49.3 Å². The van der Waals surface area contributed by atoms with Crippen LogP contribution < -0.4 is 30.1 Å². The number of piperidine rings is 1. The molecule has 2 atom stereocenters. The summed E-state index contributed by atoms with van der Waals surface area (Å²) in [5.41, 5.74) is 9.67. The number of carbonyl (C=O) groups excluding carboxylic acids is 1. The molecule has 2 saturated carbocycles. The van der Waals surface area contributed by atoms with Crippen LogP contribution in [-0.2, 0) is 10.0 Å². The van der Waals surface area contributed by atoms with E-state index >= 15 is 0 Å². The Morgan fingerprint density at radius 3 is 2.52 bits per heavy atom. The van der Waals surface area contributed by atoms with E-state index in [0.717, 1.165) is 49.6 Å². The number of hydrogen-bond donors (Lipinski definition) is 5. The number of nitro groups is 1. The van der Waals surface area contributed by atoms with Crippen LogP contribution >= 0.6 is 0 Å². The lowest BCUT2D eigenvalue weighted by atomic mass is 9.59. The van der Waals surface area contributed by atoms with E-state index in [4.69, 9.17) is 15.2 Å². The first kappa shape index (κ1) is 44.9. The number of pyridine rings is 1. The number of aliphatic hydroxyl groups is 1. The van der Waals surface area contributed by atoms with Crippen molar-refractivity contribution >= 4 is 49.8 Å². The predicted molar refractivity (Wildman–Crippen MR) is 256 cm³/mol. The largest absolute Gasteiger partial charge is 0.489 e. The van der Waals surface area contributed by atoms with E-state index in [-0.39, 0.29) is 58.3 Å². The summed E-state index contributed by atoms with van der Waals surface area (Å²) in [7, 11) is -4.69. The number of sulfonamides is 1. The normalized spacial score (nSPS) is 24.2. The van der Waals surface area contributed by atoms with Crippen LogP contribution in [0.15, 0.2) is 77.8 Å². The molecule has 17 heteroatoms. The Kier molecular flexibility index (Phi) is 11.6. The zero-order chi connectivity index (χ0) is 46.8. The molecule has 3 aromatic carbocycles. The van der Waals surface area contributed by atoms with Crippen LogP contribution in [-0.4, -0.2) is 83.1 Å². The quantitative estimate of drug-likeness (QED) is 0.0619. The van der Waals surface area contributed by atoms with E-state index in [1.54, 1.807) is 31.3 Å². The number of carbonyl (C=O) groups is 1. The third-order valence-corrected chi connectivity index (χ3v) is 16.7. The lowest BCUT2D eigenvalue weighted by molar-refractivity contribution is -0.384. The Hall–Kier alpha value is -5.91. The zero-order valence-electron chi connectivity index (χ0n) is 38.3. The number of H-pyrrole nitrogens is 1. The van der Waals surface area contributed by atoms with Crippen molar-refractivity contribution in [2.24, 2.45) is 11.3 Å². The van der Waals surface area contributed by atoms with Crippen LogP contribution in [0.3, 0.4) is 0 Å². The molecule has 0 radical (unpaired) electrons. The van der Waals surface area contributed by atoms with Crippen LogP contribution in [0.25, 0.3) is 11.0 Å². The summed E-state index contributed by atoms with van der Waals surface area (Å²) in [6, 6.07) is 20.4. The molecule has 0 unspecified atom stereocenters. The van der Waals surface area contributed by atoms with Gasteiger partial charge in [0.15, 0.2) is 23.0 Å². The summed E-state index contributed by atoms with van der Waals surface area (Å²) in [5, 5.41) is 26.8. The van der Waals surface area contributed by atoms with Gasteiger partial charge in [0.25, 0.3) is 21.6 Å². The number of aromatic nitrogens is 2. The number of benzene rings is 3. The highest BCUT2D eigenvalue weighted by molar-refractivity contribution is 7.90. The smallest absolute Gasteiger partial charge is 0.297 e. The first-order valence-corrected chi connectivity index (χ1v) is 25.2. The summed E-state index contributed by atoms with van der Waals surface area (Å²) < 4.78 is 42.5. The fourth-order valence-electron chi connectivity index (χ4n) is 11.6. The highest BCUT2D eigenvalue weighted by Crippen LogP contribution is 2.54. The van der Waals surface area contributed by atoms with Gasteiger partial charge in [-0.3, -0.25) is 19.8 Å². The van der Waals surface area contributed by atoms with Crippen molar-refractivity contribution in [3.8, 4) is 17.2 Å². The van der Waals surface area contributed by atoms with Crippen LogP contribution in [0.2, 0.25) is 0 Å². The molecule has 2 saturated heterocycles. The van der Waals surface area contributed by atoms with Crippen molar-refractivity contribution < 1.29 is 32.7 Å². The second kappa shape index (κ2) is 17.3. The van der Waals surface area contributed by atoms with Crippen LogP contribution in [0.4, 0.5) is 22.9 Å².